The van der Waals surface area contributed by atoms with Crippen LogP contribution in [0.3, 0.4) is 0 Å². The number of benzene rings is 2. The van der Waals surface area contributed by atoms with Crippen molar-refractivity contribution >= 4 is 16.8 Å². The Balaban J connectivity index is 1.64. The summed E-state index contributed by atoms with van der Waals surface area (Å²) in [6.45, 7) is 5.05. The van der Waals surface area contributed by atoms with E-state index >= 15 is 0 Å². The van der Waals surface area contributed by atoms with E-state index in [0.29, 0.717) is 13.1 Å². The zero-order valence-electron chi connectivity index (χ0n) is 17.1. The van der Waals surface area contributed by atoms with Gasteiger partial charge in [0.25, 0.3) is 0 Å². The van der Waals surface area contributed by atoms with E-state index in [9.17, 15) is 9.18 Å². The molecular weight excluding hydrogens is 379 g/mol. The normalized spacial score (nSPS) is 23.0. The van der Waals surface area contributed by atoms with Gasteiger partial charge in [-0.1, -0.05) is 18.7 Å². The molecule has 1 unspecified atom stereocenters. The maximum atomic E-state index is 13.8. The Bertz CT molecular complexity index is 1150. The summed E-state index contributed by atoms with van der Waals surface area (Å²) < 4.78 is 19.3. The van der Waals surface area contributed by atoms with E-state index in [1.165, 1.54) is 29.0 Å². The Morgan fingerprint density at radius 3 is 3.00 bits per heavy atom. The third-order valence-electron chi connectivity index (χ3n) is 7.08. The number of aromatic nitrogens is 1. The number of halogens is 1. The second kappa shape index (κ2) is 7.01. The molecular formula is C25H25FN2O2. The lowest BCUT2D eigenvalue weighted by Gasteiger charge is -2.51. The molecule has 2 heterocycles. The molecule has 2 aromatic carbocycles. The number of fused-ring (bicyclic) bond motifs is 4. The lowest BCUT2D eigenvalue weighted by Crippen LogP contribution is -2.54. The molecule has 0 spiro atoms. The van der Waals surface area contributed by atoms with Crippen molar-refractivity contribution in [1.29, 1.82) is 0 Å². The van der Waals surface area contributed by atoms with E-state index < -0.39 is 0 Å². The van der Waals surface area contributed by atoms with Crippen LogP contribution in [0.15, 0.2) is 55.1 Å². The summed E-state index contributed by atoms with van der Waals surface area (Å²) in [7, 11) is 1.69. The predicted molar refractivity (Wildman–Crippen MR) is 115 cm³/mol. The first kappa shape index (κ1) is 18.9. The van der Waals surface area contributed by atoms with Crippen molar-refractivity contribution in [2.45, 2.75) is 24.7 Å². The summed E-state index contributed by atoms with van der Waals surface area (Å²) in [4.78, 5) is 17.8. The second-order valence-electron chi connectivity index (χ2n) is 8.48. The molecule has 5 rings (SSSR count). The number of nitrogens with zero attached hydrogens (tertiary/aromatic N) is 1. The third-order valence-corrected chi connectivity index (χ3v) is 7.08. The van der Waals surface area contributed by atoms with Crippen LogP contribution in [0.4, 0.5) is 4.39 Å². The van der Waals surface area contributed by atoms with E-state index in [2.05, 4.69) is 23.7 Å². The average molecular weight is 404 g/mol. The number of piperidine rings is 1. The predicted octanol–water partition coefficient (Wildman–Crippen LogP) is 4.39. The van der Waals surface area contributed by atoms with Crippen LogP contribution in [0.2, 0.25) is 0 Å². The van der Waals surface area contributed by atoms with Gasteiger partial charge in [-0.05, 0) is 72.7 Å². The van der Waals surface area contributed by atoms with Gasteiger partial charge < -0.3 is 14.6 Å². The van der Waals surface area contributed by atoms with Crippen molar-refractivity contribution in [2.75, 3.05) is 20.2 Å². The van der Waals surface area contributed by atoms with Crippen LogP contribution in [0, 0.1) is 11.7 Å². The summed E-state index contributed by atoms with van der Waals surface area (Å²) in [5.74, 6) is 0.860. The molecule has 1 amide bonds. The number of ether oxygens (including phenoxy) is 1. The van der Waals surface area contributed by atoms with Crippen LogP contribution in [0.25, 0.3) is 10.9 Å². The van der Waals surface area contributed by atoms with Gasteiger partial charge >= 0.3 is 0 Å². The van der Waals surface area contributed by atoms with E-state index in [1.807, 2.05) is 23.1 Å². The molecule has 3 aromatic rings. The number of rotatable bonds is 3. The fourth-order valence-electron chi connectivity index (χ4n) is 5.54. The van der Waals surface area contributed by atoms with Crippen molar-refractivity contribution in [2.24, 2.45) is 5.92 Å². The Morgan fingerprint density at radius 1 is 1.33 bits per heavy atom. The van der Waals surface area contributed by atoms with Crippen LogP contribution in [0.1, 0.15) is 23.2 Å². The van der Waals surface area contributed by atoms with E-state index in [-0.39, 0.29) is 23.1 Å². The van der Waals surface area contributed by atoms with Gasteiger partial charge in [-0.3, -0.25) is 4.79 Å². The highest BCUT2D eigenvalue weighted by molar-refractivity contribution is 5.87. The quantitative estimate of drug-likeness (QED) is 0.658. The molecule has 0 saturated carbocycles. The minimum atomic E-state index is -0.233. The number of aromatic amines is 1. The number of carbonyl (C=O) groups excluding carboxylic acids is 1. The molecule has 154 valence electrons. The largest absolute Gasteiger partial charge is 0.497 e. The lowest BCUT2D eigenvalue weighted by atomic mass is 9.58. The molecule has 1 aliphatic heterocycles. The van der Waals surface area contributed by atoms with Crippen molar-refractivity contribution in [1.82, 2.24) is 9.88 Å². The van der Waals surface area contributed by atoms with Crippen molar-refractivity contribution < 1.29 is 13.9 Å². The summed E-state index contributed by atoms with van der Waals surface area (Å²) in [5, 5.41) is 1.08. The molecule has 2 aliphatic rings. The van der Waals surface area contributed by atoms with Gasteiger partial charge in [-0.25, -0.2) is 4.39 Å². The second-order valence-corrected chi connectivity index (χ2v) is 8.48. The minimum absolute atomic E-state index is 0.0129. The van der Waals surface area contributed by atoms with Gasteiger partial charge in [0.2, 0.25) is 5.91 Å². The van der Waals surface area contributed by atoms with Gasteiger partial charge in [-0.2, -0.15) is 0 Å². The Hall–Kier alpha value is -3.08. The van der Waals surface area contributed by atoms with Crippen molar-refractivity contribution in [3.63, 3.8) is 0 Å². The molecule has 2 atom stereocenters. The molecule has 30 heavy (non-hydrogen) atoms. The van der Waals surface area contributed by atoms with Gasteiger partial charge in [0.05, 0.1) is 7.11 Å². The zero-order chi connectivity index (χ0) is 20.9. The Morgan fingerprint density at radius 2 is 2.20 bits per heavy atom. The Labute approximate surface area is 175 Å². The van der Waals surface area contributed by atoms with Gasteiger partial charge in [0.15, 0.2) is 0 Å². The number of likely N-dealkylation sites (tertiary alicyclic amines) is 1. The molecule has 1 saturated heterocycles. The monoisotopic (exact) mass is 404 g/mol. The number of nitrogens with one attached hydrogen (secondary N) is 1. The van der Waals surface area contributed by atoms with Gasteiger partial charge in [-0.15, -0.1) is 0 Å². The molecule has 4 nitrogen and oxygen atoms in total. The molecule has 1 fully saturated rings. The highest BCUT2D eigenvalue weighted by atomic mass is 19.1. The molecule has 0 bridgehead atoms. The van der Waals surface area contributed by atoms with Crippen molar-refractivity contribution in [3.05, 3.63) is 77.8 Å². The highest BCUT2D eigenvalue weighted by Crippen LogP contribution is 2.49. The lowest BCUT2D eigenvalue weighted by molar-refractivity contribution is -0.129. The summed E-state index contributed by atoms with van der Waals surface area (Å²) in [6, 6.07) is 13.3. The minimum Gasteiger partial charge on any atom is -0.497 e. The topological polar surface area (TPSA) is 45.3 Å². The van der Waals surface area contributed by atoms with Crippen LogP contribution >= 0.6 is 0 Å². The first-order chi connectivity index (χ1) is 14.5. The fourth-order valence-corrected chi connectivity index (χ4v) is 5.54. The maximum Gasteiger partial charge on any atom is 0.245 e. The molecule has 1 aliphatic carbocycles. The van der Waals surface area contributed by atoms with Gasteiger partial charge in [0.1, 0.15) is 11.6 Å². The number of methoxy groups -OCH3 is 1. The first-order valence-electron chi connectivity index (χ1n) is 10.4. The van der Waals surface area contributed by atoms with Crippen LogP contribution in [-0.4, -0.2) is 36.0 Å². The summed E-state index contributed by atoms with van der Waals surface area (Å²) in [6.07, 6.45) is 3.96. The molecule has 1 aromatic heterocycles. The van der Waals surface area contributed by atoms with Crippen molar-refractivity contribution in [3.8, 4) is 5.75 Å². The van der Waals surface area contributed by atoms with E-state index in [1.54, 1.807) is 13.2 Å². The smallest absolute Gasteiger partial charge is 0.245 e. The van der Waals surface area contributed by atoms with Crippen LogP contribution in [0.5, 0.6) is 5.75 Å². The zero-order valence-corrected chi connectivity index (χ0v) is 17.1. The summed E-state index contributed by atoms with van der Waals surface area (Å²) in [5.41, 5.74) is 4.42. The fraction of sp³-hybridized carbons (Fsp3) is 0.320. The number of hydrogen-bond donors (Lipinski definition) is 1. The third kappa shape index (κ3) is 2.83. The Kier molecular flexibility index (Phi) is 4.42. The number of H-pyrrole nitrogens is 1. The maximum absolute atomic E-state index is 13.8. The SMILES string of the molecule is C=CC(=O)N1CC[C@]2(c3cccc(OC)c3)Cc3[nH]c4cc(F)ccc4c3CC2C1. The molecule has 5 heteroatoms. The number of hydrogen-bond acceptors (Lipinski definition) is 2. The first-order valence-corrected chi connectivity index (χ1v) is 10.4. The average Bonchev–Trinajstić information content (AvgIpc) is 3.12. The highest BCUT2D eigenvalue weighted by Gasteiger charge is 2.48. The number of amides is 1. The molecule has 1 N–H and O–H groups in total. The summed E-state index contributed by atoms with van der Waals surface area (Å²) >= 11 is 0. The van der Waals surface area contributed by atoms with Gasteiger partial charge in [0, 0.05) is 35.1 Å². The molecule has 0 radical (unpaired) electrons. The van der Waals surface area contributed by atoms with Crippen LogP contribution < -0.4 is 4.74 Å². The number of carbonyl (C=O) groups is 1. The van der Waals surface area contributed by atoms with E-state index in [0.717, 1.165) is 35.9 Å². The van der Waals surface area contributed by atoms with Crippen LogP contribution in [-0.2, 0) is 23.1 Å². The van der Waals surface area contributed by atoms with E-state index in [4.69, 9.17) is 4.74 Å². The standard InChI is InChI=1S/C25H25FN2O2/c1-3-24(29)28-10-9-25(16-5-4-6-19(11-16)30-2)14-23-21(12-17(25)15-28)20-8-7-18(26)13-22(20)27-23/h3-8,11,13,17,27H,1,9-10,12,14-15H2,2H3/t17?,25-/m1/s1.